The Hall–Kier alpha value is -2.40. The minimum atomic E-state index is -4.71. The van der Waals surface area contributed by atoms with Gasteiger partial charge in [0, 0.05) is 20.9 Å². The number of thiophene rings is 1. The lowest BCUT2D eigenvalue weighted by Crippen LogP contribution is -2.12. The molecule has 0 aliphatic heterocycles. The van der Waals surface area contributed by atoms with E-state index in [0.29, 0.717) is 28.2 Å². The predicted octanol–water partition coefficient (Wildman–Crippen LogP) is 10.0. The van der Waals surface area contributed by atoms with E-state index in [0.717, 1.165) is 53.8 Å². The van der Waals surface area contributed by atoms with E-state index >= 15 is 0 Å². The smallest absolute Gasteiger partial charge is 0.286 e. The van der Waals surface area contributed by atoms with Crippen LogP contribution in [0.25, 0.3) is 10.1 Å². The summed E-state index contributed by atoms with van der Waals surface area (Å²) in [5.74, 6) is -0.750. The first-order chi connectivity index (χ1) is 17.9. The molecule has 0 spiro atoms. The summed E-state index contributed by atoms with van der Waals surface area (Å²) in [5, 5.41) is 0.747. The summed E-state index contributed by atoms with van der Waals surface area (Å²) < 4.78 is 80.8. The number of carbonyl (C=O) groups excluding carboxylic acids is 1. The van der Waals surface area contributed by atoms with E-state index in [2.05, 4.69) is 9.78 Å². The van der Waals surface area contributed by atoms with Crippen LogP contribution in [0, 0.1) is 0 Å². The summed E-state index contributed by atoms with van der Waals surface area (Å²) in [5.41, 5.74) is -1.73. The fourth-order valence-corrected chi connectivity index (χ4v) is 6.13. The highest BCUT2D eigenvalue weighted by Crippen LogP contribution is 2.41. The topological polar surface area (TPSA) is 35.5 Å². The van der Waals surface area contributed by atoms with Crippen LogP contribution < -0.4 is 4.89 Å². The SMILES string of the molecule is CCCCC(CCSc1ccc(OOC(=O)CCC)c(C(F)(F)F)c1)c1cc2ccc(C(F)(F)F)cc2s1. The van der Waals surface area contributed by atoms with Gasteiger partial charge in [0.2, 0.25) is 0 Å². The van der Waals surface area contributed by atoms with Crippen LogP contribution >= 0.6 is 23.1 Å². The number of carbonyl (C=O) groups is 1. The van der Waals surface area contributed by atoms with Gasteiger partial charge < -0.3 is 0 Å². The Balaban J connectivity index is 1.72. The highest BCUT2D eigenvalue weighted by Gasteiger charge is 2.36. The van der Waals surface area contributed by atoms with Gasteiger partial charge in [-0.3, -0.25) is 9.78 Å². The van der Waals surface area contributed by atoms with Crippen molar-refractivity contribution in [2.45, 2.75) is 75.5 Å². The zero-order chi connectivity index (χ0) is 27.9. The molecule has 3 aromatic rings. The van der Waals surface area contributed by atoms with Crippen LogP contribution in [-0.2, 0) is 22.0 Å². The van der Waals surface area contributed by atoms with Gasteiger partial charge in [0.25, 0.3) is 0 Å². The molecule has 1 atom stereocenters. The third-order valence-corrected chi connectivity index (χ3v) is 8.13. The van der Waals surface area contributed by atoms with Gasteiger partial charge in [0.1, 0.15) is 5.56 Å². The monoisotopic (exact) mass is 578 g/mol. The Labute approximate surface area is 225 Å². The maximum Gasteiger partial charge on any atom is 0.420 e. The molecular weight excluding hydrogens is 550 g/mol. The lowest BCUT2D eigenvalue weighted by atomic mass is 9.97. The van der Waals surface area contributed by atoms with Crippen LogP contribution in [0.2, 0.25) is 0 Å². The van der Waals surface area contributed by atoms with Crippen molar-refractivity contribution < 1.29 is 40.9 Å². The molecule has 0 bridgehead atoms. The molecule has 1 heterocycles. The van der Waals surface area contributed by atoms with Gasteiger partial charge in [-0.05, 0) is 72.7 Å². The first kappa shape index (κ1) is 30.1. The minimum Gasteiger partial charge on any atom is -0.286 e. The Bertz CT molecular complexity index is 1220. The third kappa shape index (κ3) is 8.30. The van der Waals surface area contributed by atoms with Crippen molar-refractivity contribution in [2.75, 3.05) is 5.75 Å². The Morgan fingerprint density at radius 1 is 0.947 bits per heavy atom. The van der Waals surface area contributed by atoms with E-state index < -0.39 is 35.2 Å². The lowest BCUT2D eigenvalue weighted by molar-refractivity contribution is -0.217. The molecule has 0 aliphatic carbocycles. The zero-order valence-corrected chi connectivity index (χ0v) is 22.5. The van der Waals surface area contributed by atoms with Gasteiger partial charge in [0.05, 0.1) is 5.56 Å². The molecule has 1 unspecified atom stereocenters. The summed E-state index contributed by atoms with van der Waals surface area (Å²) in [6.07, 6.45) is -5.26. The first-order valence-electron chi connectivity index (χ1n) is 12.2. The summed E-state index contributed by atoms with van der Waals surface area (Å²) in [6.45, 7) is 3.78. The summed E-state index contributed by atoms with van der Waals surface area (Å²) >= 11 is 2.59. The number of benzene rings is 2. The minimum absolute atomic E-state index is 0.0256. The Morgan fingerprint density at radius 2 is 1.71 bits per heavy atom. The molecule has 38 heavy (non-hydrogen) atoms. The molecule has 0 saturated heterocycles. The summed E-state index contributed by atoms with van der Waals surface area (Å²) in [4.78, 5) is 22.0. The van der Waals surface area contributed by atoms with E-state index in [9.17, 15) is 31.1 Å². The van der Waals surface area contributed by atoms with Gasteiger partial charge in [-0.15, -0.1) is 23.1 Å². The molecule has 0 fully saturated rings. The van der Waals surface area contributed by atoms with Gasteiger partial charge in [-0.1, -0.05) is 32.8 Å². The molecule has 0 saturated carbocycles. The average Bonchev–Trinajstić information content (AvgIpc) is 3.27. The average molecular weight is 579 g/mol. The zero-order valence-electron chi connectivity index (χ0n) is 20.9. The second-order valence-corrected chi connectivity index (χ2v) is 11.1. The number of thioether (sulfide) groups is 1. The van der Waals surface area contributed by atoms with Crippen molar-refractivity contribution >= 4 is 39.2 Å². The van der Waals surface area contributed by atoms with Crippen molar-refractivity contribution in [3.05, 3.63) is 58.5 Å². The maximum atomic E-state index is 13.6. The first-order valence-corrected chi connectivity index (χ1v) is 14.0. The molecule has 0 amide bonds. The quantitative estimate of drug-likeness (QED) is 0.0927. The van der Waals surface area contributed by atoms with Crippen LogP contribution in [-0.4, -0.2) is 11.7 Å². The van der Waals surface area contributed by atoms with Crippen LogP contribution in [0.1, 0.15) is 74.3 Å². The number of fused-ring (bicyclic) bond motifs is 1. The van der Waals surface area contributed by atoms with Crippen LogP contribution in [0.5, 0.6) is 5.75 Å². The summed E-state index contributed by atoms with van der Waals surface area (Å²) in [6, 6.07) is 9.20. The van der Waals surface area contributed by atoms with Crippen molar-refractivity contribution in [3.8, 4) is 5.75 Å². The molecule has 3 rings (SSSR count). The molecule has 3 nitrogen and oxygen atoms in total. The largest absolute Gasteiger partial charge is 0.420 e. The van der Waals surface area contributed by atoms with Crippen molar-refractivity contribution in [2.24, 2.45) is 0 Å². The maximum absolute atomic E-state index is 13.6. The van der Waals surface area contributed by atoms with E-state index in [1.807, 2.05) is 13.0 Å². The van der Waals surface area contributed by atoms with Crippen LogP contribution in [0.15, 0.2) is 47.4 Å². The number of halogens is 6. The van der Waals surface area contributed by atoms with Gasteiger partial charge in [-0.25, -0.2) is 4.79 Å². The molecule has 1 aromatic heterocycles. The Morgan fingerprint density at radius 3 is 2.37 bits per heavy atom. The fourth-order valence-electron chi connectivity index (χ4n) is 3.86. The van der Waals surface area contributed by atoms with Gasteiger partial charge >= 0.3 is 18.3 Å². The Kier molecular flexibility index (Phi) is 10.4. The number of rotatable bonds is 12. The van der Waals surface area contributed by atoms with Crippen molar-refractivity contribution in [3.63, 3.8) is 0 Å². The number of alkyl halides is 6. The number of hydrogen-bond acceptors (Lipinski definition) is 5. The van der Waals surface area contributed by atoms with Gasteiger partial charge in [0.15, 0.2) is 5.75 Å². The summed E-state index contributed by atoms with van der Waals surface area (Å²) in [7, 11) is 0. The highest BCUT2D eigenvalue weighted by molar-refractivity contribution is 7.99. The van der Waals surface area contributed by atoms with Crippen LogP contribution in [0.3, 0.4) is 0 Å². The molecule has 2 aromatic carbocycles. The third-order valence-electron chi connectivity index (χ3n) is 5.84. The van der Waals surface area contributed by atoms with E-state index in [1.165, 1.54) is 35.2 Å². The van der Waals surface area contributed by atoms with E-state index in [1.54, 1.807) is 6.92 Å². The second-order valence-electron chi connectivity index (χ2n) is 8.82. The van der Waals surface area contributed by atoms with Crippen LogP contribution in [0.4, 0.5) is 26.3 Å². The van der Waals surface area contributed by atoms with Gasteiger partial charge in [-0.2, -0.15) is 26.3 Å². The normalized spacial score (nSPS) is 13.1. The molecular formula is C27H28F6O3S2. The lowest BCUT2D eigenvalue weighted by Gasteiger charge is -2.16. The number of unbranched alkanes of at least 4 members (excludes halogenated alkanes) is 1. The molecule has 0 aliphatic rings. The molecule has 208 valence electrons. The fraction of sp³-hybridized carbons (Fsp3) is 0.444. The molecule has 11 heteroatoms. The standard InChI is InChI=1S/C27H28F6O3S2/c1-3-5-7-17(23-14-18-8-9-19(26(28,29)30)15-24(18)38-23)12-13-37-20-10-11-22(21(16-20)27(31,32)33)35-36-25(34)6-4-2/h8-11,14-17H,3-7,12-13H2,1-2H3. The second kappa shape index (κ2) is 13.1. The highest BCUT2D eigenvalue weighted by atomic mass is 32.2. The van der Waals surface area contributed by atoms with Crippen molar-refractivity contribution in [1.29, 1.82) is 0 Å². The van der Waals surface area contributed by atoms with Crippen molar-refractivity contribution in [1.82, 2.24) is 0 Å². The van der Waals surface area contributed by atoms with E-state index in [4.69, 9.17) is 0 Å². The number of hydrogen-bond donors (Lipinski definition) is 0. The molecule has 0 N–H and O–H groups in total. The molecule has 0 radical (unpaired) electrons. The predicted molar refractivity (Wildman–Crippen MR) is 138 cm³/mol. The van der Waals surface area contributed by atoms with E-state index in [-0.39, 0.29) is 12.3 Å².